The highest BCUT2D eigenvalue weighted by Gasteiger charge is 2.54. The van der Waals surface area contributed by atoms with E-state index in [4.69, 9.17) is 33.2 Å². The highest BCUT2D eigenvalue weighted by atomic mass is 16.6. The van der Waals surface area contributed by atoms with E-state index in [0.717, 1.165) is 22.3 Å². The summed E-state index contributed by atoms with van der Waals surface area (Å²) in [5.41, 5.74) is 4.25. The topological polar surface area (TPSA) is 81.7 Å². The van der Waals surface area contributed by atoms with E-state index in [1.165, 1.54) is 6.92 Å². The van der Waals surface area contributed by atoms with E-state index in [1.807, 2.05) is 98.8 Å². The lowest BCUT2D eigenvalue weighted by Crippen LogP contribution is -2.64. The molecule has 6 unspecified atom stereocenters. The van der Waals surface area contributed by atoms with Crippen LogP contribution in [0.15, 0.2) is 121 Å². The second-order valence-electron chi connectivity index (χ2n) is 14.4. The minimum atomic E-state index is -0.711. The van der Waals surface area contributed by atoms with Crippen LogP contribution in [0.4, 0.5) is 0 Å². The fourth-order valence-electron chi connectivity index (χ4n) is 7.71. The Bertz CT molecular complexity index is 1660. The Morgan fingerprint density at radius 2 is 0.774 bits per heavy atom. The van der Waals surface area contributed by atoms with Gasteiger partial charge in [0.15, 0.2) is 6.10 Å². The third-order valence-corrected chi connectivity index (χ3v) is 10.5. The monoisotopic (exact) mass is 722 g/mol. The van der Waals surface area contributed by atoms with Gasteiger partial charge in [-0.25, -0.2) is 0 Å². The highest BCUT2D eigenvalue weighted by molar-refractivity contribution is 5.66. The summed E-state index contributed by atoms with van der Waals surface area (Å²) in [6.45, 7) is 11.2. The molecule has 282 valence electrons. The van der Waals surface area contributed by atoms with Crippen molar-refractivity contribution in [3.8, 4) is 0 Å². The molecule has 0 amide bonds. The molecule has 0 radical (unpaired) electrons. The van der Waals surface area contributed by atoms with Crippen LogP contribution in [0.1, 0.15) is 56.9 Å². The third-order valence-electron chi connectivity index (χ3n) is 10.5. The number of esters is 1. The zero-order valence-corrected chi connectivity index (χ0v) is 31.5. The van der Waals surface area contributed by atoms with Gasteiger partial charge in [0.2, 0.25) is 0 Å². The van der Waals surface area contributed by atoms with E-state index in [-0.39, 0.29) is 30.1 Å². The molecule has 1 saturated heterocycles. The maximum Gasteiger partial charge on any atom is 0.303 e. The van der Waals surface area contributed by atoms with Crippen LogP contribution in [0.2, 0.25) is 0 Å². The van der Waals surface area contributed by atoms with E-state index in [9.17, 15) is 4.79 Å². The first-order chi connectivity index (χ1) is 25.8. The molecule has 0 N–H and O–H groups in total. The Hall–Kier alpha value is -3.89. The van der Waals surface area contributed by atoms with Crippen molar-refractivity contribution < 1.29 is 38.0 Å². The van der Waals surface area contributed by atoms with Gasteiger partial charge >= 0.3 is 5.97 Å². The molecule has 4 aromatic carbocycles. The zero-order chi connectivity index (χ0) is 37.2. The van der Waals surface area contributed by atoms with E-state index in [1.54, 1.807) is 0 Å². The maximum absolute atomic E-state index is 12.6. The van der Waals surface area contributed by atoms with Crippen LogP contribution >= 0.6 is 0 Å². The first-order valence-corrected chi connectivity index (χ1v) is 18.9. The summed E-state index contributed by atoms with van der Waals surface area (Å²) in [6, 6.07) is 40.6. The van der Waals surface area contributed by atoms with Gasteiger partial charge < -0.3 is 33.2 Å². The number of ether oxygens (including phenoxy) is 7. The molecule has 53 heavy (non-hydrogen) atoms. The van der Waals surface area contributed by atoms with Crippen molar-refractivity contribution in [3.05, 3.63) is 144 Å². The van der Waals surface area contributed by atoms with E-state index in [0.29, 0.717) is 26.4 Å². The second-order valence-corrected chi connectivity index (χ2v) is 14.4. The molecule has 6 rings (SSSR count). The van der Waals surface area contributed by atoms with Crippen LogP contribution in [0.5, 0.6) is 0 Å². The lowest BCUT2D eigenvalue weighted by atomic mass is 9.74. The molecule has 1 heterocycles. The van der Waals surface area contributed by atoms with Crippen molar-refractivity contribution in [2.75, 3.05) is 0 Å². The number of hydrogen-bond donors (Lipinski definition) is 0. The Balaban J connectivity index is 1.35. The van der Waals surface area contributed by atoms with Gasteiger partial charge in [-0.3, -0.25) is 4.79 Å². The van der Waals surface area contributed by atoms with Crippen molar-refractivity contribution >= 4 is 5.97 Å². The Morgan fingerprint density at radius 1 is 0.453 bits per heavy atom. The standard InChI is InChI=1S/C45H54O8/c1-30-39(47-26-35-18-10-6-11-19-35)40(48-27-36-20-12-7-13-21-36)31(2)42(41(30)49-28-37-22-14-8-15-23-37)53-45-43(50-29-38-24-16-9-17-25-38)32(3)51-33(4)44(45)52-34(5)46/h6-25,30-33,39-45H,26-29H2,1-5H3/t30?,31?,32?,33?,39-,40-,41?,42-,43-,44?,45+/m0/s1. The molecule has 0 aromatic heterocycles. The van der Waals surface area contributed by atoms with Gasteiger partial charge in [0.1, 0.15) is 12.2 Å². The van der Waals surface area contributed by atoms with Crippen LogP contribution < -0.4 is 0 Å². The lowest BCUT2D eigenvalue weighted by molar-refractivity contribution is -0.293. The number of hydrogen-bond acceptors (Lipinski definition) is 8. The summed E-state index contributed by atoms with van der Waals surface area (Å²) in [5, 5.41) is 0. The van der Waals surface area contributed by atoms with Gasteiger partial charge in [-0.05, 0) is 36.1 Å². The maximum atomic E-state index is 12.6. The number of carbonyl (C=O) groups is 1. The smallest absolute Gasteiger partial charge is 0.303 e. The quantitative estimate of drug-likeness (QED) is 0.114. The molecule has 2 fully saturated rings. The van der Waals surface area contributed by atoms with Gasteiger partial charge in [0, 0.05) is 18.8 Å². The van der Waals surface area contributed by atoms with E-state index in [2.05, 4.69) is 50.2 Å². The van der Waals surface area contributed by atoms with E-state index >= 15 is 0 Å². The van der Waals surface area contributed by atoms with Crippen molar-refractivity contribution in [1.29, 1.82) is 0 Å². The molecule has 0 bridgehead atoms. The first kappa shape index (κ1) is 38.8. The highest BCUT2D eigenvalue weighted by Crippen LogP contribution is 2.41. The van der Waals surface area contributed by atoms with Crippen LogP contribution in [-0.4, -0.2) is 60.9 Å². The molecular weight excluding hydrogens is 668 g/mol. The number of benzene rings is 4. The Kier molecular flexibility index (Phi) is 13.9. The minimum Gasteiger partial charge on any atom is -0.457 e. The third kappa shape index (κ3) is 10.2. The molecule has 8 nitrogen and oxygen atoms in total. The van der Waals surface area contributed by atoms with Crippen molar-refractivity contribution in [2.45, 2.75) is 116 Å². The molecule has 0 spiro atoms. The number of rotatable bonds is 15. The zero-order valence-electron chi connectivity index (χ0n) is 31.5. The molecule has 11 atom stereocenters. The SMILES string of the molecule is CC(=O)OC1C(C)OC(C)[C@H](OCc2ccccc2)[C@H]1O[C@@H]1C(OCc2ccccc2)C(C)[C@H](OCc2ccccc2)[C@@H](OCc2ccccc2)C1C. The summed E-state index contributed by atoms with van der Waals surface area (Å²) in [5.74, 6) is -0.747. The largest absolute Gasteiger partial charge is 0.457 e. The van der Waals surface area contributed by atoms with Crippen LogP contribution in [0.3, 0.4) is 0 Å². The first-order valence-electron chi connectivity index (χ1n) is 18.9. The second kappa shape index (κ2) is 18.9. The van der Waals surface area contributed by atoms with Crippen molar-refractivity contribution in [1.82, 2.24) is 0 Å². The predicted octanol–water partition coefficient (Wildman–Crippen LogP) is 8.11. The predicted molar refractivity (Wildman–Crippen MR) is 203 cm³/mol. The van der Waals surface area contributed by atoms with Crippen LogP contribution in [-0.2, 0) is 64.4 Å². The van der Waals surface area contributed by atoms with Crippen molar-refractivity contribution in [3.63, 3.8) is 0 Å². The lowest BCUT2D eigenvalue weighted by Gasteiger charge is -2.52. The Labute approximate surface area is 314 Å². The number of carbonyl (C=O) groups excluding carboxylic acids is 1. The van der Waals surface area contributed by atoms with E-state index < -0.39 is 42.6 Å². The van der Waals surface area contributed by atoms with Crippen LogP contribution in [0, 0.1) is 11.8 Å². The molecule has 1 aliphatic heterocycles. The van der Waals surface area contributed by atoms with Gasteiger partial charge in [0.05, 0.1) is 63.1 Å². The van der Waals surface area contributed by atoms with Crippen molar-refractivity contribution in [2.24, 2.45) is 11.8 Å². The average molecular weight is 723 g/mol. The Morgan fingerprint density at radius 3 is 1.15 bits per heavy atom. The summed E-state index contributed by atoms with van der Waals surface area (Å²) in [4.78, 5) is 12.6. The summed E-state index contributed by atoms with van der Waals surface area (Å²) in [7, 11) is 0. The minimum absolute atomic E-state index is 0.144. The average Bonchev–Trinajstić information content (AvgIpc) is 3.17. The summed E-state index contributed by atoms with van der Waals surface area (Å²) < 4.78 is 46.8. The molecule has 1 saturated carbocycles. The van der Waals surface area contributed by atoms with Gasteiger partial charge in [-0.15, -0.1) is 0 Å². The van der Waals surface area contributed by atoms with Gasteiger partial charge in [0.25, 0.3) is 0 Å². The molecule has 1 aliphatic carbocycles. The molecular formula is C45H54O8. The summed E-state index contributed by atoms with van der Waals surface area (Å²) in [6.07, 6.45) is -4.20. The fourth-order valence-corrected chi connectivity index (χ4v) is 7.71. The summed E-state index contributed by atoms with van der Waals surface area (Å²) >= 11 is 0. The fraction of sp³-hybridized carbons (Fsp3) is 0.444. The molecule has 8 heteroatoms. The molecule has 2 aliphatic rings. The molecule has 4 aromatic rings. The van der Waals surface area contributed by atoms with Gasteiger partial charge in [-0.1, -0.05) is 135 Å². The van der Waals surface area contributed by atoms with Crippen LogP contribution in [0.25, 0.3) is 0 Å². The normalized spacial score (nSPS) is 30.1. The van der Waals surface area contributed by atoms with Gasteiger partial charge in [-0.2, -0.15) is 0 Å².